The molecule has 0 bridgehead atoms. The van der Waals surface area contributed by atoms with Crippen LogP contribution in [-0.4, -0.2) is 17.3 Å². The summed E-state index contributed by atoms with van der Waals surface area (Å²) in [5.74, 6) is 0.00917. The minimum absolute atomic E-state index is 0.00917. The number of aliphatic imine (C=N–C) groups is 1. The monoisotopic (exact) mass is 213 g/mol. The highest BCUT2D eigenvalue weighted by Gasteiger charge is 2.28. The van der Waals surface area contributed by atoms with E-state index in [0.29, 0.717) is 12.1 Å². The Labute approximate surface area is 73.8 Å². The molecular formula is C8H8BrNO. The number of Topliss-reactive ketones (excluding diaryl/α,β-unsaturated/α-hetero) is 1. The molecule has 0 N–H and O–H groups in total. The van der Waals surface area contributed by atoms with Crippen molar-refractivity contribution in [3.05, 3.63) is 23.9 Å². The maximum absolute atomic E-state index is 11.2. The smallest absolute Gasteiger partial charge is 0.195 e. The van der Waals surface area contributed by atoms with Gasteiger partial charge in [0.05, 0.1) is 4.83 Å². The Bertz CT molecular complexity index is 255. The fourth-order valence-corrected chi connectivity index (χ4v) is 1.61. The first-order chi connectivity index (χ1) is 5.20. The molecule has 58 valence electrons. The molecule has 0 saturated carbocycles. The molecule has 11 heavy (non-hydrogen) atoms. The van der Waals surface area contributed by atoms with E-state index in [0.717, 1.165) is 5.57 Å². The third kappa shape index (κ3) is 1.33. The second-order valence-corrected chi connectivity index (χ2v) is 3.38. The van der Waals surface area contributed by atoms with Gasteiger partial charge < -0.3 is 0 Å². The van der Waals surface area contributed by atoms with E-state index in [2.05, 4.69) is 34.2 Å². The Balaban J connectivity index is 3.04. The second kappa shape index (κ2) is 3.13. The number of ketones is 1. The summed E-state index contributed by atoms with van der Waals surface area (Å²) in [6, 6.07) is 0. The van der Waals surface area contributed by atoms with Crippen molar-refractivity contribution in [3.63, 3.8) is 0 Å². The zero-order valence-corrected chi connectivity index (χ0v) is 7.60. The predicted molar refractivity (Wildman–Crippen MR) is 49.1 cm³/mol. The highest BCUT2D eigenvalue weighted by Crippen LogP contribution is 2.29. The quantitative estimate of drug-likeness (QED) is 0.509. The van der Waals surface area contributed by atoms with Crippen molar-refractivity contribution >= 4 is 28.4 Å². The van der Waals surface area contributed by atoms with Crippen molar-refractivity contribution < 1.29 is 4.79 Å². The largest absolute Gasteiger partial charge is 0.291 e. The van der Waals surface area contributed by atoms with E-state index in [-0.39, 0.29) is 10.6 Å². The van der Waals surface area contributed by atoms with E-state index in [1.54, 1.807) is 6.08 Å². The van der Waals surface area contributed by atoms with Crippen LogP contribution in [0.5, 0.6) is 0 Å². The number of alkyl halides is 1. The summed E-state index contributed by atoms with van der Waals surface area (Å²) < 4.78 is 0. The first-order valence-corrected chi connectivity index (χ1v) is 4.13. The SMILES string of the molecule is C=CC1=C(N=C)C(=O)C(Br)C1. The first-order valence-electron chi connectivity index (χ1n) is 3.21. The molecule has 1 unspecified atom stereocenters. The van der Waals surface area contributed by atoms with Gasteiger partial charge in [-0.3, -0.25) is 9.79 Å². The van der Waals surface area contributed by atoms with Crippen LogP contribution in [0.1, 0.15) is 6.42 Å². The Hall–Kier alpha value is -0.700. The van der Waals surface area contributed by atoms with Crippen LogP contribution >= 0.6 is 15.9 Å². The number of carbonyl (C=O) groups excluding carboxylic acids is 1. The summed E-state index contributed by atoms with van der Waals surface area (Å²) in [4.78, 5) is 14.7. The van der Waals surface area contributed by atoms with Crippen LogP contribution in [0, 0.1) is 0 Å². The molecule has 0 aromatic rings. The summed E-state index contributed by atoms with van der Waals surface area (Å²) in [7, 11) is 0. The molecule has 0 fully saturated rings. The van der Waals surface area contributed by atoms with Gasteiger partial charge in [-0.05, 0) is 18.7 Å². The second-order valence-electron chi connectivity index (χ2n) is 2.27. The van der Waals surface area contributed by atoms with Gasteiger partial charge in [0.25, 0.3) is 0 Å². The van der Waals surface area contributed by atoms with Crippen LogP contribution in [0.25, 0.3) is 0 Å². The molecule has 2 nitrogen and oxygen atoms in total. The lowest BCUT2D eigenvalue weighted by atomic mass is 10.2. The lowest BCUT2D eigenvalue weighted by molar-refractivity contribution is -0.114. The average molecular weight is 214 g/mol. The van der Waals surface area contributed by atoms with E-state index in [4.69, 9.17) is 0 Å². The number of hydrogen-bond donors (Lipinski definition) is 0. The maximum Gasteiger partial charge on any atom is 0.195 e. The van der Waals surface area contributed by atoms with Crippen LogP contribution in [0.15, 0.2) is 28.9 Å². The molecule has 0 saturated heterocycles. The molecule has 0 aliphatic heterocycles. The van der Waals surface area contributed by atoms with Gasteiger partial charge in [-0.1, -0.05) is 28.6 Å². The average Bonchev–Trinajstić information content (AvgIpc) is 2.28. The minimum atomic E-state index is -0.129. The third-order valence-electron chi connectivity index (χ3n) is 1.63. The number of hydrogen-bond acceptors (Lipinski definition) is 2. The van der Waals surface area contributed by atoms with Crippen molar-refractivity contribution in [1.82, 2.24) is 0 Å². The Morgan fingerprint density at radius 1 is 1.73 bits per heavy atom. The van der Waals surface area contributed by atoms with E-state index in [9.17, 15) is 4.79 Å². The molecule has 0 spiro atoms. The number of carbonyl (C=O) groups is 1. The van der Waals surface area contributed by atoms with Gasteiger partial charge in [-0.15, -0.1) is 0 Å². The lowest BCUT2D eigenvalue weighted by Crippen LogP contribution is -2.06. The maximum atomic E-state index is 11.2. The van der Waals surface area contributed by atoms with E-state index >= 15 is 0 Å². The van der Waals surface area contributed by atoms with Crippen molar-refractivity contribution in [2.45, 2.75) is 11.2 Å². The number of allylic oxidation sites excluding steroid dienone is 3. The van der Waals surface area contributed by atoms with Gasteiger partial charge in [0.2, 0.25) is 0 Å². The fourth-order valence-electron chi connectivity index (χ4n) is 1.05. The van der Waals surface area contributed by atoms with Gasteiger partial charge in [0, 0.05) is 0 Å². The molecule has 1 aliphatic carbocycles. The Morgan fingerprint density at radius 2 is 2.36 bits per heavy atom. The highest BCUT2D eigenvalue weighted by atomic mass is 79.9. The van der Waals surface area contributed by atoms with Gasteiger partial charge in [-0.25, -0.2) is 0 Å². The molecular weight excluding hydrogens is 206 g/mol. The summed E-state index contributed by atoms with van der Waals surface area (Å²) in [5, 5.41) is 0. The molecule has 0 radical (unpaired) electrons. The fraction of sp³-hybridized carbons (Fsp3) is 0.250. The van der Waals surface area contributed by atoms with Gasteiger partial charge in [0.1, 0.15) is 5.70 Å². The lowest BCUT2D eigenvalue weighted by Gasteiger charge is -1.92. The van der Waals surface area contributed by atoms with Crippen molar-refractivity contribution in [1.29, 1.82) is 0 Å². The van der Waals surface area contributed by atoms with Crippen LogP contribution in [0.2, 0.25) is 0 Å². The van der Waals surface area contributed by atoms with Gasteiger partial charge in [-0.2, -0.15) is 0 Å². The van der Waals surface area contributed by atoms with Gasteiger partial charge >= 0.3 is 0 Å². The molecule has 1 rings (SSSR count). The van der Waals surface area contributed by atoms with Gasteiger partial charge in [0.15, 0.2) is 5.78 Å². The molecule has 0 heterocycles. The molecule has 1 aliphatic rings. The Kier molecular flexibility index (Phi) is 2.39. The molecule has 0 aromatic heterocycles. The normalized spacial score (nSPS) is 24.1. The van der Waals surface area contributed by atoms with E-state index < -0.39 is 0 Å². The Morgan fingerprint density at radius 3 is 2.73 bits per heavy atom. The number of nitrogens with zero attached hydrogens (tertiary/aromatic N) is 1. The first kappa shape index (κ1) is 8.40. The summed E-state index contributed by atoms with van der Waals surface area (Å²) in [6.07, 6.45) is 2.33. The highest BCUT2D eigenvalue weighted by molar-refractivity contribution is 9.10. The topological polar surface area (TPSA) is 29.4 Å². The van der Waals surface area contributed by atoms with E-state index in [1.165, 1.54) is 0 Å². The standard InChI is InChI=1S/C8H8BrNO/c1-3-5-4-6(9)8(11)7(5)10-2/h3,6H,1-2,4H2. The van der Waals surface area contributed by atoms with Crippen LogP contribution in [-0.2, 0) is 4.79 Å². The molecule has 0 amide bonds. The number of halogens is 1. The van der Waals surface area contributed by atoms with E-state index in [1.807, 2.05) is 0 Å². The van der Waals surface area contributed by atoms with Crippen molar-refractivity contribution in [2.24, 2.45) is 4.99 Å². The third-order valence-corrected chi connectivity index (χ3v) is 2.37. The van der Waals surface area contributed by atoms with Crippen LogP contribution in [0.4, 0.5) is 0 Å². The molecule has 0 aromatic carbocycles. The van der Waals surface area contributed by atoms with Crippen LogP contribution < -0.4 is 0 Å². The van der Waals surface area contributed by atoms with Crippen molar-refractivity contribution in [3.8, 4) is 0 Å². The summed E-state index contributed by atoms with van der Waals surface area (Å²) >= 11 is 3.24. The van der Waals surface area contributed by atoms with Crippen molar-refractivity contribution in [2.75, 3.05) is 0 Å². The summed E-state index contributed by atoms with van der Waals surface area (Å²) in [6.45, 7) is 6.92. The zero-order valence-electron chi connectivity index (χ0n) is 6.01. The predicted octanol–water partition coefficient (Wildman–Crippen LogP) is 1.86. The van der Waals surface area contributed by atoms with Crippen LogP contribution in [0.3, 0.4) is 0 Å². The summed E-state index contributed by atoms with van der Waals surface area (Å²) in [5.41, 5.74) is 1.34. The number of rotatable bonds is 2. The minimum Gasteiger partial charge on any atom is -0.291 e. The molecule has 1 atom stereocenters. The molecule has 3 heteroatoms. The zero-order chi connectivity index (χ0) is 8.43.